The molecule has 0 spiro atoms. The minimum atomic E-state index is -0.980. The average Bonchev–Trinajstić information content (AvgIpc) is 2.50. The summed E-state index contributed by atoms with van der Waals surface area (Å²) in [5.74, 6) is -1.28. The predicted molar refractivity (Wildman–Crippen MR) is 83.0 cm³/mol. The third-order valence-corrected chi connectivity index (χ3v) is 3.45. The lowest BCUT2D eigenvalue weighted by Gasteiger charge is -2.20. The molecule has 1 aromatic rings. The lowest BCUT2D eigenvalue weighted by molar-refractivity contribution is -0.160. The number of ether oxygens (including phenoxy) is 2. The summed E-state index contributed by atoms with van der Waals surface area (Å²) in [5, 5.41) is 8.48. The number of halogens is 2. The number of nitrogens with zero attached hydrogens (tertiary/aromatic N) is 2. The molecule has 1 aromatic carbocycles. The van der Waals surface area contributed by atoms with Crippen molar-refractivity contribution in [1.82, 2.24) is 4.90 Å². The van der Waals surface area contributed by atoms with Crippen LogP contribution in [0, 0.1) is 17.1 Å². The van der Waals surface area contributed by atoms with Crippen LogP contribution in [0.2, 0.25) is 0 Å². The number of esters is 1. The molecule has 0 aromatic heterocycles. The summed E-state index contributed by atoms with van der Waals surface area (Å²) in [6.07, 6.45) is -0.781. The molecule has 0 aliphatic rings. The Hall–Kier alpha value is -2.14. The number of carbonyl (C=O) groups excluding carboxylic acids is 2. The quantitative estimate of drug-likeness (QED) is 0.671. The Morgan fingerprint density at radius 1 is 1.48 bits per heavy atom. The van der Waals surface area contributed by atoms with E-state index >= 15 is 0 Å². The highest BCUT2D eigenvalue weighted by molar-refractivity contribution is 9.10. The van der Waals surface area contributed by atoms with E-state index in [1.165, 1.54) is 37.1 Å². The van der Waals surface area contributed by atoms with Gasteiger partial charge in [0.15, 0.2) is 12.7 Å². The van der Waals surface area contributed by atoms with Gasteiger partial charge in [-0.05, 0) is 41.1 Å². The summed E-state index contributed by atoms with van der Waals surface area (Å²) < 4.78 is 23.5. The summed E-state index contributed by atoms with van der Waals surface area (Å²) in [4.78, 5) is 24.9. The van der Waals surface area contributed by atoms with E-state index < -0.39 is 30.4 Å². The summed E-state index contributed by atoms with van der Waals surface area (Å²) in [6, 6.07) is 5.70. The number of amides is 1. The first kappa shape index (κ1) is 18.9. The van der Waals surface area contributed by atoms with Crippen molar-refractivity contribution in [1.29, 1.82) is 5.26 Å². The van der Waals surface area contributed by atoms with Crippen LogP contribution in [-0.2, 0) is 14.3 Å². The van der Waals surface area contributed by atoms with Gasteiger partial charge < -0.3 is 14.4 Å². The Labute approximate surface area is 141 Å². The van der Waals surface area contributed by atoms with Crippen LogP contribution in [0.25, 0.3) is 0 Å². The molecule has 0 aliphatic carbocycles. The Morgan fingerprint density at radius 2 is 2.17 bits per heavy atom. The van der Waals surface area contributed by atoms with E-state index in [4.69, 9.17) is 14.7 Å². The molecular formula is C15H16BrFN2O4. The third-order valence-electron chi connectivity index (χ3n) is 2.83. The summed E-state index contributed by atoms with van der Waals surface area (Å²) in [5.41, 5.74) is 0. The number of nitriles is 1. The summed E-state index contributed by atoms with van der Waals surface area (Å²) >= 11 is 3.11. The zero-order valence-corrected chi connectivity index (χ0v) is 14.3. The SMILES string of the molecule is C[C@H](OC(=O)COc1ccc(F)cc1Br)C(=O)N(C)CCC#N. The molecule has 1 atom stereocenters. The van der Waals surface area contributed by atoms with Crippen molar-refractivity contribution in [2.75, 3.05) is 20.2 Å². The number of carbonyl (C=O) groups is 2. The van der Waals surface area contributed by atoms with Gasteiger partial charge in [-0.25, -0.2) is 9.18 Å². The number of hydrogen-bond donors (Lipinski definition) is 0. The predicted octanol–water partition coefficient (Wildman–Crippen LogP) is 2.27. The summed E-state index contributed by atoms with van der Waals surface area (Å²) in [7, 11) is 1.52. The second kappa shape index (κ2) is 9.10. The van der Waals surface area contributed by atoms with Crippen LogP contribution in [0.4, 0.5) is 4.39 Å². The summed E-state index contributed by atoms with van der Waals surface area (Å²) in [6.45, 7) is 1.29. The van der Waals surface area contributed by atoms with Crippen LogP contribution >= 0.6 is 15.9 Å². The van der Waals surface area contributed by atoms with Crippen LogP contribution in [0.15, 0.2) is 22.7 Å². The van der Waals surface area contributed by atoms with E-state index in [0.717, 1.165) is 0 Å². The Morgan fingerprint density at radius 3 is 2.78 bits per heavy atom. The molecule has 1 amide bonds. The molecule has 0 unspecified atom stereocenters. The number of likely N-dealkylation sites (N-methyl/N-ethyl adjacent to an activating group) is 1. The average molecular weight is 387 g/mol. The van der Waals surface area contributed by atoms with Gasteiger partial charge in [0, 0.05) is 13.6 Å². The lowest BCUT2D eigenvalue weighted by atomic mass is 10.3. The minimum Gasteiger partial charge on any atom is -0.481 e. The van der Waals surface area contributed by atoms with Crippen LogP contribution in [0.3, 0.4) is 0 Å². The highest BCUT2D eigenvalue weighted by Gasteiger charge is 2.21. The fraction of sp³-hybridized carbons (Fsp3) is 0.400. The standard InChI is InChI=1S/C15H16BrFN2O4/c1-10(15(21)19(2)7-3-6-18)23-14(20)9-22-13-5-4-11(17)8-12(13)16/h4-5,8,10H,3,7,9H2,1-2H3/t10-/m0/s1. The molecule has 124 valence electrons. The maximum atomic E-state index is 12.9. The van der Waals surface area contributed by atoms with Gasteiger partial charge in [-0.1, -0.05) is 0 Å². The van der Waals surface area contributed by atoms with Crippen molar-refractivity contribution in [3.05, 3.63) is 28.5 Å². The van der Waals surface area contributed by atoms with E-state index in [9.17, 15) is 14.0 Å². The lowest BCUT2D eigenvalue weighted by Crippen LogP contribution is -2.38. The van der Waals surface area contributed by atoms with Gasteiger partial charge >= 0.3 is 5.97 Å². The molecule has 0 N–H and O–H groups in total. The van der Waals surface area contributed by atoms with E-state index in [2.05, 4.69) is 15.9 Å². The van der Waals surface area contributed by atoms with Gasteiger partial charge in [0.2, 0.25) is 0 Å². The largest absolute Gasteiger partial charge is 0.481 e. The first-order valence-electron chi connectivity index (χ1n) is 6.74. The van der Waals surface area contributed by atoms with Gasteiger partial charge in [0.05, 0.1) is 17.0 Å². The van der Waals surface area contributed by atoms with Gasteiger partial charge in [0.1, 0.15) is 11.6 Å². The maximum absolute atomic E-state index is 12.9. The number of rotatable bonds is 7. The smallest absolute Gasteiger partial charge is 0.344 e. The molecule has 0 bridgehead atoms. The van der Waals surface area contributed by atoms with Gasteiger partial charge in [0.25, 0.3) is 5.91 Å². The molecule has 6 nitrogen and oxygen atoms in total. The zero-order valence-electron chi connectivity index (χ0n) is 12.7. The molecule has 0 heterocycles. The Balaban J connectivity index is 2.46. The first-order valence-corrected chi connectivity index (χ1v) is 7.53. The van der Waals surface area contributed by atoms with Crippen LogP contribution in [0.5, 0.6) is 5.75 Å². The number of benzene rings is 1. The van der Waals surface area contributed by atoms with Crippen molar-refractivity contribution in [2.24, 2.45) is 0 Å². The zero-order chi connectivity index (χ0) is 17.4. The Bertz CT molecular complexity index is 618. The normalized spacial score (nSPS) is 11.3. The van der Waals surface area contributed by atoms with Gasteiger partial charge in [-0.2, -0.15) is 5.26 Å². The van der Waals surface area contributed by atoms with E-state index in [1.807, 2.05) is 6.07 Å². The second-order valence-corrected chi connectivity index (χ2v) is 5.52. The topological polar surface area (TPSA) is 79.6 Å². The van der Waals surface area contributed by atoms with E-state index in [0.29, 0.717) is 4.47 Å². The molecule has 0 aliphatic heterocycles. The highest BCUT2D eigenvalue weighted by Crippen LogP contribution is 2.25. The number of hydrogen-bond acceptors (Lipinski definition) is 5. The molecule has 23 heavy (non-hydrogen) atoms. The third kappa shape index (κ3) is 6.24. The van der Waals surface area contributed by atoms with E-state index in [1.54, 1.807) is 0 Å². The van der Waals surface area contributed by atoms with Crippen molar-refractivity contribution < 1.29 is 23.5 Å². The highest BCUT2D eigenvalue weighted by atomic mass is 79.9. The van der Waals surface area contributed by atoms with Gasteiger partial charge in [-0.15, -0.1) is 0 Å². The fourth-order valence-electron chi connectivity index (χ4n) is 1.65. The minimum absolute atomic E-state index is 0.199. The molecule has 1 rings (SSSR count). The van der Waals surface area contributed by atoms with Crippen molar-refractivity contribution in [3.63, 3.8) is 0 Å². The fourth-order valence-corrected chi connectivity index (χ4v) is 2.11. The van der Waals surface area contributed by atoms with Crippen molar-refractivity contribution in [3.8, 4) is 11.8 Å². The first-order chi connectivity index (χ1) is 10.8. The van der Waals surface area contributed by atoms with Crippen LogP contribution < -0.4 is 4.74 Å². The molecule has 0 fully saturated rings. The monoisotopic (exact) mass is 386 g/mol. The molecule has 0 saturated heterocycles. The maximum Gasteiger partial charge on any atom is 0.344 e. The van der Waals surface area contributed by atoms with E-state index in [-0.39, 0.29) is 18.7 Å². The second-order valence-electron chi connectivity index (χ2n) is 4.66. The molecule has 0 saturated carbocycles. The van der Waals surface area contributed by atoms with Crippen molar-refractivity contribution >= 4 is 27.8 Å². The molecule has 8 heteroatoms. The van der Waals surface area contributed by atoms with Crippen LogP contribution in [-0.4, -0.2) is 43.1 Å². The Kier molecular flexibility index (Phi) is 7.48. The van der Waals surface area contributed by atoms with Gasteiger partial charge in [-0.3, -0.25) is 4.79 Å². The van der Waals surface area contributed by atoms with Crippen molar-refractivity contribution in [2.45, 2.75) is 19.4 Å². The van der Waals surface area contributed by atoms with Crippen LogP contribution in [0.1, 0.15) is 13.3 Å². The molecule has 0 radical (unpaired) electrons. The molecular weight excluding hydrogens is 371 g/mol.